The van der Waals surface area contributed by atoms with E-state index in [1.54, 1.807) is 6.07 Å². The Labute approximate surface area is 130 Å². The molecular weight excluding hydrogens is 312 g/mol. The van der Waals surface area contributed by atoms with E-state index in [1.807, 2.05) is 13.0 Å². The maximum absolute atomic E-state index is 12.1. The Morgan fingerprint density at radius 3 is 2.81 bits per heavy atom. The minimum atomic E-state index is -1.00. The lowest BCUT2D eigenvalue weighted by Gasteiger charge is -2.32. The van der Waals surface area contributed by atoms with Crippen molar-refractivity contribution in [1.82, 2.24) is 10.2 Å². The summed E-state index contributed by atoms with van der Waals surface area (Å²) < 4.78 is 0. The molecular formula is C13H16N2O4S2. The molecule has 21 heavy (non-hydrogen) atoms. The van der Waals surface area contributed by atoms with Crippen LogP contribution in [-0.4, -0.2) is 58.4 Å². The number of aryl methyl sites for hydroxylation is 1. The first kappa shape index (κ1) is 15.8. The number of nitrogens with one attached hydrogen (secondary N) is 1. The molecule has 2 rings (SSSR count). The van der Waals surface area contributed by atoms with Crippen molar-refractivity contribution in [2.75, 3.05) is 24.6 Å². The molecule has 1 atom stereocenters. The second kappa shape index (κ2) is 6.95. The second-order valence-electron chi connectivity index (χ2n) is 4.61. The average molecular weight is 328 g/mol. The number of nitrogens with zero attached hydrogens (tertiary/aromatic N) is 1. The van der Waals surface area contributed by atoms with Gasteiger partial charge in [0.2, 0.25) is 5.91 Å². The Bertz CT molecular complexity index is 558. The van der Waals surface area contributed by atoms with Gasteiger partial charge in [-0.25, -0.2) is 4.79 Å². The van der Waals surface area contributed by atoms with Crippen molar-refractivity contribution in [2.24, 2.45) is 0 Å². The van der Waals surface area contributed by atoms with Gasteiger partial charge >= 0.3 is 5.97 Å². The van der Waals surface area contributed by atoms with Crippen LogP contribution >= 0.6 is 23.1 Å². The van der Waals surface area contributed by atoms with E-state index in [9.17, 15) is 14.4 Å². The summed E-state index contributed by atoms with van der Waals surface area (Å²) in [5.41, 5.74) is 0. The number of hydrogen-bond donors (Lipinski definition) is 2. The molecule has 0 spiro atoms. The van der Waals surface area contributed by atoms with Gasteiger partial charge in [-0.3, -0.25) is 9.59 Å². The van der Waals surface area contributed by atoms with Crippen molar-refractivity contribution in [3.05, 3.63) is 21.9 Å². The summed E-state index contributed by atoms with van der Waals surface area (Å²) in [6.07, 6.45) is 0. The molecule has 0 bridgehead atoms. The minimum absolute atomic E-state index is 0.176. The van der Waals surface area contributed by atoms with Gasteiger partial charge in [-0.15, -0.1) is 11.3 Å². The van der Waals surface area contributed by atoms with E-state index in [-0.39, 0.29) is 18.4 Å². The Kier molecular flexibility index (Phi) is 5.24. The average Bonchev–Trinajstić information content (AvgIpc) is 2.91. The van der Waals surface area contributed by atoms with Crippen LogP contribution in [0.2, 0.25) is 0 Å². The quantitative estimate of drug-likeness (QED) is 0.854. The van der Waals surface area contributed by atoms with Gasteiger partial charge in [-0.1, -0.05) is 0 Å². The van der Waals surface area contributed by atoms with Crippen LogP contribution in [0.5, 0.6) is 0 Å². The number of carboxylic acids is 1. The van der Waals surface area contributed by atoms with Crippen molar-refractivity contribution in [3.63, 3.8) is 0 Å². The van der Waals surface area contributed by atoms with Crippen molar-refractivity contribution < 1.29 is 19.5 Å². The van der Waals surface area contributed by atoms with E-state index in [2.05, 4.69) is 5.32 Å². The number of carbonyl (C=O) groups is 3. The molecule has 2 heterocycles. The van der Waals surface area contributed by atoms with Crippen LogP contribution in [0.4, 0.5) is 0 Å². The molecule has 1 aromatic rings. The zero-order chi connectivity index (χ0) is 15.4. The monoisotopic (exact) mass is 328 g/mol. The lowest BCUT2D eigenvalue weighted by atomic mass is 10.2. The van der Waals surface area contributed by atoms with Gasteiger partial charge in [0.15, 0.2) is 0 Å². The number of rotatable bonds is 4. The summed E-state index contributed by atoms with van der Waals surface area (Å²) >= 11 is 2.87. The molecule has 1 aromatic heterocycles. The highest BCUT2D eigenvalue weighted by atomic mass is 32.2. The van der Waals surface area contributed by atoms with Gasteiger partial charge in [-0.05, 0) is 19.1 Å². The summed E-state index contributed by atoms with van der Waals surface area (Å²) in [4.78, 5) is 38.0. The van der Waals surface area contributed by atoms with Gasteiger partial charge in [0.25, 0.3) is 5.91 Å². The lowest BCUT2D eigenvalue weighted by molar-refractivity contribution is -0.148. The van der Waals surface area contributed by atoms with Gasteiger partial charge in [-0.2, -0.15) is 11.8 Å². The van der Waals surface area contributed by atoms with E-state index in [0.717, 1.165) is 4.88 Å². The van der Waals surface area contributed by atoms with Crippen LogP contribution < -0.4 is 5.32 Å². The minimum Gasteiger partial charge on any atom is -0.480 e. The highest BCUT2D eigenvalue weighted by molar-refractivity contribution is 7.99. The molecule has 0 aliphatic carbocycles. The molecule has 1 saturated heterocycles. The van der Waals surface area contributed by atoms with Gasteiger partial charge < -0.3 is 15.3 Å². The summed E-state index contributed by atoms with van der Waals surface area (Å²) in [5, 5.41) is 11.7. The number of aliphatic carboxylic acids is 1. The molecule has 0 radical (unpaired) electrons. The van der Waals surface area contributed by atoms with Crippen LogP contribution in [0, 0.1) is 6.92 Å². The first-order valence-corrected chi connectivity index (χ1v) is 8.41. The fraction of sp³-hybridized carbons (Fsp3) is 0.462. The van der Waals surface area contributed by atoms with E-state index in [0.29, 0.717) is 22.9 Å². The summed E-state index contributed by atoms with van der Waals surface area (Å²) in [6.45, 7) is 2.12. The topological polar surface area (TPSA) is 86.7 Å². The van der Waals surface area contributed by atoms with E-state index in [1.165, 1.54) is 28.0 Å². The normalized spacial score (nSPS) is 18.3. The number of amides is 2. The number of hydrogen-bond acceptors (Lipinski definition) is 5. The Hall–Kier alpha value is -1.54. The summed E-state index contributed by atoms with van der Waals surface area (Å²) in [7, 11) is 0. The zero-order valence-electron chi connectivity index (χ0n) is 11.5. The van der Waals surface area contributed by atoms with E-state index < -0.39 is 12.0 Å². The lowest BCUT2D eigenvalue weighted by Crippen LogP contribution is -2.53. The molecule has 1 fully saturated rings. The maximum atomic E-state index is 12.1. The van der Waals surface area contributed by atoms with Crippen LogP contribution in [0.1, 0.15) is 14.5 Å². The van der Waals surface area contributed by atoms with Crippen molar-refractivity contribution >= 4 is 40.9 Å². The molecule has 6 nitrogen and oxygen atoms in total. The molecule has 2 amide bonds. The molecule has 0 saturated carbocycles. The van der Waals surface area contributed by atoms with E-state index >= 15 is 0 Å². The standard InChI is InChI=1S/C13H16N2O4S2/c1-8-2-3-10(21-8)12(17)14-6-11(16)15-4-5-20-7-9(15)13(18)19/h2-3,9H,4-7H2,1H3,(H,14,17)(H,18,19). The van der Waals surface area contributed by atoms with Gasteiger partial charge in [0, 0.05) is 22.9 Å². The predicted octanol–water partition coefficient (Wildman–Crippen LogP) is 0.815. The number of thioether (sulfide) groups is 1. The van der Waals surface area contributed by atoms with Gasteiger partial charge in [0.1, 0.15) is 6.04 Å². The van der Waals surface area contributed by atoms with Crippen molar-refractivity contribution in [2.45, 2.75) is 13.0 Å². The first-order valence-electron chi connectivity index (χ1n) is 6.43. The van der Waals surface area contributed by atoms with Crippen molar-refractivity contribution in [1.29, 1.82) is 0 Å². The smallest absolute Gasteiger partial charge is 0.327 e. The molecule has 1 aliphatic rings. The molecule has 2 N–H and O–H groups in total. The van der Waals surface area contributed by atoms with Crippen molar-refractivity contribution in [3.8, 4) is 0 Å². The highest BCUT2D eigenvalue weighted by Crippen LogP contribution is 2.17. The van der Waals surface area contributed by atoms with Gasteiger partial charge in [0.05, 0.1) is 11.4 Å². The second-order valence-corrected chi connectivity index (χ2v) is 7.05. The SMILES string of the molecule is Cc1ccc(C(=O)NCC(=O)N2CCSCC2C(=O)O)s1. The maximum Gasteiger partial charge on any atom is 0.327 e. The fourth-order valence-corrected chi connectivity index (χ4v) is 3.83. The molecule has 8 heteroatoms. The summed E-state index contributed by atoms with van der Waals surface area (Å²) in [5.74, 6) is -0.563. The Morgan fingerprint density at radius 2 is 2.19 bits per heavy atom. The third kappa shape index (κ3) is 3.98. The predicted molar refractivity (Wildman–Crippen MR) is 81.9 cm³/mol. The van der Waals surface area contributed by atoms with Crippen LogP contribution in [-0.2, 0) is 9.59 Å². The third-order valence-electron chi connectivity index (χ3n) is 3.10. The largest absolute Gasteiger partial charge is 0.480 e. The molecule has 114 valence electrons. The van der Waals surface area contributed by atoms with Crippen LogP contribution in [0.3, 0.4) is 0 Å². The molecule has 1 aliphatic heterocycles. The third-order valence-corrected chi connectivity index (χ3v) is 5.12. The molecule has 1 unspecified atom stereocenters. The fourth-order valence-electron chi connectivity index (χ4n) is 2.01. The molecule has 0 aromatic carbocycles. The van der Waals surface area contributed by atoms with E-state index in [4.69, 9.17) is 5.11 Å². The van der Waals surface area contributed by atoms with Crippen LogP contribution in [0.15, 0.2) is 12.1 Å². The first-order chi connectivity index (χ1) is 9.99. The Morgan fingerprint density at radius 1 is 1.43 bits per heavy atom. The Balaban J connectivity index is 1.91. The number of thiophene rings is 1. The highest BCUT2D eigenvalue weighted by Gasteiger charge is 2.32. The summed E-state index contributed by atoms with van der Waals surface area (Å²) in [6, 6.07) is 2.73. The number of carbonyl (C=O) groups excluding carboxylic acids is 2. The number of carboxylic acid groups (broad SMARTS) is 1. The zero-order valence-corrected chi connectivity index (χ0v) is 13.1. The van der Waals surface area contributed by atoms with Crippen LogP contribution in [0.25, 0.3) is 0 Å².